The van der Waals surface area contributed by atoms with Crippen molar-refractivity contribution in [2.45, 2.75) is 264 Å². The van der Waals surface area contributed by atoms with Crippen LogP contribution < -0.4 is 0 Å². The Labute approximate surface area is 419 Å². The fourth-order valence-electron chi connectivity index (χ4n) is 7.62. The van der Waals surface area contributed by atoms with Gasteiger partial charge in [0.05, 0.1) is 0 Å². The highest BCUT2D eigenvalue weighted by molar-refractivity contribution is 5.71. The molecule has 0 N–H and O–H groups in total. The molecule has 0 aromatic carbocycles. The van der Waals surface area contributed by atoms with E-state index in [0.717, 1.165) is 89.9 Å². The summed E-state index contributed by atoms with van der Waals surface area (Å²) in [5.41, 5.74) is 0. The van der Waals surface area contributed by atoms with Crippen molar-refractivity contribution < 1.29 is 28.6 Å². The molecule has 0 fully saturated rings. The highest BCUT2D eigenvalue weighted by atomic mass is 16.6. The zero-order valence-corrected chi connectivity index (χ0v) is 44.3. The molecule has 6 nitrogen and oxygen atoms in total. The predicted molar refractivity (Wildman–Crippen MR) is 293 cm³/mol. The number of carbonyl (C=O) groups excluding carboxylic acids is 3. The van der Waals surface area contributed by atoms with Gasteiger partial charge in [-0.05, 0) is 89.9 Å². The molecule has 1 atom stereocenters. The minimum absolute atomic E-state index is 0.103. The molecule has 388 valence electrons. The first-order chi connectivity index (χ1) is 33.5. The Kier molecular flexibility index (Phi) is 52.9. The first-order valence-corrected chi connectivity index (χ1v) is 28.2. The second-order valence-corrected chi connectivity index (χ2v) is 18.5. The van der Waals surface area contributed by atoms with E-state index in [1.807, 2.05) is 6.08 Å². The molecule has 0 radical (unpaired) electrons. The lowest BCUT2D eigenvalue weighted by atomic mass is 10.0. The summed E-state index contributed by atoms with van der Waals surface area (Å²) < 4.78 is 16.8. The first kappa shape index (κ1) is 64.3. The van der Waals surface area contributed by atoms with E-state index in [9.17, 15) is 14.4 Å². The number of ether oxygens (including phenoxy) is 3. The fourth-order valence-corrected chi connectivity index (χ4v) is 7.62. The van der Waals surface area contributed by atoms with Crippen LogP contribution in [0.5, 0.6) is 0 Å². The summed E-state index contributed by atoms with van der Waals surface area (Å²) in [4.78, 5) is 38.1. The monoisotopic (exact) mass is 945 g/mol. The van der Waals surface area contributed by atoms with E-state index >= 15 is 0 Å². The Bertz CT molecular complexity index is 1360. The van der Waals surface area contributed by atoms with Crippen LogP contribution in [0.3, 0.4) is 0 Å². The lowest BCUT2D eigenvalue weighted by Gasteiger charge is -2.18. The molecular weight excluding hydrogens is 841 g/mol. The van der Waals surface area contributed by atoms with Crippen molar-refractivity contribution in [2.24, 2.45) is 0 Å². The molecule has 0 saturated carbocycles. The van der Waals surface area contributed by atoms with Crippen LogP contribution in [0.15, 0.2) is 97.2 Å². The summed E-state index contributed by atoms with van der Waals surface area (Å²) in [7, 11) is 0. The van der Waals surface area contributed by atoms with E-state index in [-0.39, 0.29) is 37.5 Å². The summed E-state index contributed by atoms with van der Waals surface area (Å²) >= 11 is 0. The minimum Gasteiger partial charge on any atom is -0.462 e. The third-order valence-electron chi connectivity index (χ3n) is 11.8. The third-order valence-corrected chi connectivity index (χ3v) is 11.8. The van der Waals surface area contributed by atoms with Crippen LogP contribution in [-0.2, 0) is 28.6 Å². The number of unbranched alkanes of at least 4 members (excludes halogenated alkanes) is 23. The molecule has 0 rings (SSSR count). The molecule has 6 heteroatoms. The minimum atomic E-state index is -0.812. The Morgan fingerprint density at radius 1 is 0.309 bits per heavy atom. The molecule has 0 aromatic rings. The predicted octanol–water partition coefficient (Wildman–Crippen LogP) is 18.9. The van der Waals surface area contributed by atoms with Crippen LogP contribution in [0, 0.1) is 0 Å². The van der Waals surface area contributed by atoms with Gasteiger partial charge in [0, 0.05) is 19.3 Å². The summed E-state index contributed by atoms with van der Waals surface area (Å²) in [5, 5.41) is 0. The smallest absolute Gasteiger partial charge is 0.306 e. The molecule has 0 unspecified atom stereocenters. The second kappa shape index (κ2) is 55.9. The van der Waals surface area contributed by atoms with E-state index in [1.54, 1.807) is 0 Å². The van der Waals surface area contributed by atoms with Crippen molar-refractivity contribution in [1.29, 1.82) is 0 Å². The highest BCUT2D eigenvalue weighted by Gasteiger charge is 2.19. The van der Waals surface area contributed by atoms with Crippen LogP contribution in [0.4, 0.5) is 0 Å². The van der Waals surface area contributed by atoms with Gasteiger partial charge in [0.1, 0.15) is 13.2 Å². The topological polar surface area (TPSA) is 78.9 Å². The van der Waals surface area contributed by atoms with Gasteiger partial charge in [-0.15, -0.1) is 0 Å². The zero-order chi connectivity index (χ0) is 49.3. The average Bonchev–Trinajstić information content (AvgIpc) is 3.34. The average molecular weight is 946 g/mol. The molecule has 0 bridgehead atoms. The van der Waals surface area contributed by atoms with Crippen molar-refractivity contribution in [3.05, 3.63) is 97.2 Å². The Morgan fingerprint density at radius 2 is 0.603 bits per heavy atom. The molecule has 0 aliphatic carbocycles. The fraction of sp³-hybridized carbons (Fsp3) is 0.694. The van der Waals surface area contributed by atoms with E-state index < -0.39 is 6.10 Å². The van der Waals surface area contributed by atoms with Gasteiger partial charge in [-0.25, -0.2) is 0 Å². The van der Waals surface area contributed by atoms with Gasteiger partial charge in [-0.3, -0.25) is 14.4 Å². The maximum Gasteiger partial charge on any atom is 0.306 e. The highest BCUT2D eigenvalue weighted by Crippen LogP contribution is 2.15. The van der Waals surface area contributed by atoms with Crippen molar-refractivity contribution >= 4 is 17.9 Å². The van der Waals surface area contributed by atoms with Crippen molar-refractivity contribution in [3.63, 3.8) is 0 Å². The summed E-state index contributed by atoms with van der Waals surface area (Å²) in [6.45, 7) is 6.44. The Morgan fingerprint density at radius 3 is 1.01 bits per heavy atom. The maximum absolute atomic E-state index is 12.8. The van der Waals surface area contributed by atoms with Gasteiger partial charge in [-0.1, -0.05) is 246 Å². The van der Waals surface area contributed by atoms with Crippen LogP contribution in [0.1, 0.15) is 258 Å². The normalized spacial score (nSPS) is 12.8. The van der Waals surface area contributed by atoms with Gasteiger partial charge in [0.25, 0.3) is 0 Å². The summed E-state index contributed by atoms with van der Waals surface area (Å²) in [6, 6.07) is 0. The van der Waals surface area contributed by atoms with Crippen molar-refractivity contribution in [2.75, 3.05) is 13.2 Å². The van der Waals surface area contributed by atoms with E-state index in [4.69, 9.17) is 14.2 Å². The van der Waals surface area contributed by atoms with Gasteiger partial charge in [-0.2, -0.15) is 0 Å². The van der Waals surface area contributed by atoms with E-state index in [1.165, 1.54) is 122 Å². The van der Waals surface area contributed by atoms with Crippen LogP contribution in [0.25, 0.3) is 0 Å². The molecule has 0 aliphatic heterocycles. The van der Waals surface area contributed by atoms with E-state index in [2.05, 4.69) is 112 Å². The standard InChI is InChI=1S/C62H104O6/c1-4-7-10-13-16-19-22-25-28-30-31-33-34-37-40-43-46-49-52-55-61(64)67-58-59(57-66-60(63)54-51-48-45-42-39-36-27-24-21-18-15-12-9-6-3)68-62(65)56-53-50-47-44-41-38-35-32-29-26-23-20-17-14-11-8-5-2/h7,10,16-17,19-20,25-26,28-29,31,33,37,40,46,49,59H,4-6,8-9,11-15,18,21-24,27,30,32,34-36,38-39,41-45,47-48,50-58H2,1-3H3/b10-7+,19-16+,20-17+,28-25+,29-26+,33-31+,40-37+,49-46+/t59-/m1/s1. The second-order valence-electron chi connectivity index (χ2n) is 18.5. The van der Waals surface area contributed by atoms with Crippen LogP contribution in [-0.4, -0.2) is 37.2 Å². The number of hydrogen-bond acceptors (Lipinski definition) is 6. The SMILES string of the molecule is CC/C=C/C/C=C/C/C=C/C/C=C/C/C=C/C/C=C/CCC(=O)OC[C@@H](COC(=O)CCCCCCCCCCCCCCCC)OC(=O)CCCCCCCCC/C=C/C/C=C/CCCCC. The van der Waals surface area contributed by atoms with Crippen LogP contribution in [0.2, 0.25) is 0 Å². The molecular formula is C62H104O6. The number of carbonyl (C=O) groups is 3. The Hall–Kier alpha value is -3.67. The maximum atomic E-state index is 12.8. The van der Waals surface area contributed by atoms with E-state index in [0.29, 0.717) is 19.3 Å². The third kappa shape index (κ3) is 53.3. The molecule has 0 saturated heterocycles. The number of rotatable bonds is 50. The number of allylic oxidation sites excluding steroid dienone is 16. The lowest BCUT2D eigenvalue weighted by molar-refractivity contribution is -0.166. The molecule has 0 heterocycles. The van der Waals surface area contributed by atoms with Crippen molar-refractivity contribution in [1.82, 2.24) is 0 Å². The van der Waals surface area contributed by atoms with Gasteiger partial charge >= 0.3 is 17.9 Å². The zero-order valence-electron chi connectivity index (χ0n) is 44.3. The number of esters is 3. The summed E-state index contributed by atoms with van der Waals surface area (Å²) in [5.74, 6) is -0.995. The largest absolute Gasteiger partial charge is 0.462 e. The quantitative estimate of drug-likeness (QED) is 0.0262. The molecule has 68 heavy (non-hydrogen) atoms. The van der Waals surface area contributed by atoms with Gasteiger partial charge in [0.15, 0.2) is 6.10 Å². The first-order valence-electron chi connectivity index (χ1n) is 28.2. The number of hydrogen-bond donors (Lipinski definition) is 0. The molecule has 0 aromatic heterocycles. The summed E-state index contributed by atoms with van der Waals surface area (Å²) in [6.07, 6.45) is 74.0. The molecule has 0 amide bonds. The lowest BCUT2D eigenvalue weighted by Crippen LogP contribution is -2.30. The van der Waals surface area contributed by atoms with Crippen LogP contribution >= 0.6 is 0 Å². The molecule has 0 aliphatic rings. The molecule has 0 spiro atoms. The van der Waals surface area contributed by atoms with Gasteiger partial charge in [0.2, 0.25) is 0 Å². The Balaban J connectivity index is 4.51. The van der Waals surface area contributed by atoms with Crippen molar-refractivity contribution in [3.8, 4) is 0 Å². The van der Waals surface area contributed by atoms with Gasteiger partial charge < -0.3 is 14.2 Å².